The molecule has 1 N–H and O–H groups in total. The number of nitrogens with one attached hydrogen (secondary N) is 1. The molecule has 7 nitrogen and oxygen atoms in total. The van der Waals surface area contributed by atoms with Gasteiger partial charge in [0.1, 0.15) is 5.69 Å². The number of nitro groups is 1. The van der Waals surface area contributed by atoms with E-state index in [2.05, 4.69) is 17.3 Å². The van der Waals surface area contributed by atoms with Gasteiger partial charge >= 0.3 is 5.69 Å². The molecule has 1 atom stereocenters. The molecule has 0 spiro atoms. The molecule has 0 aliphatic heterocycles. The van der Waals surface area contributed by atoms with Crippen molar-refractivity contribution in [1.82, 2.24) is 15.1 Å². The molecule has 1 aromatic heterocycles. The van der Waals surface area contributed by atoms with E-state index in [-0.39, 0.29) is 34.4 Å². The van der Waals surface area contributed by atoms with Gasteiger partial charge in [0.15, 0.2) is 0 Å². The molecule has 142 valence electrons. The zero-order valence-electron chi connectivity index (χ0n) is 15.8. The molecule has 1 aromatic rings. The van der Waals surface area contributed by atoms with E-state index < -0.39 is 4.92 Å². The Kier molecular flexibility index (Phi) is 4.08. The van der Waals surface area contributed by atoms with Crippen molar-refractivity contribution in [3.8, 4) is 0 Å². The number of aryl methyl sites for hydroxylation is 2. The number of nitrogens with zero attached hydrogens (tertiary/aromatic N) is 3. The van der Waals surface area contributed by atoms with Gasteiger partial charge in [-0.15, -0.1) is 0 Å². The third-order valence-corrected chi connectivity index (χ3v) is 7.13. The number of rotatable bonds is 5. The molecule has 0 saturated heterocycles. The quantitative estimate of drug-likeness (QED) is 0.644. The summed E-state index contributed by atoms with van der Waals surface area (Å²) >= 11 is 0. The molecule has 26 heavy (non-hydrogen) atoms. The summed E-state index contributed by atoms with van der Waals surface area (Å²) in [6, 6.07) is 0.0817. The highest BCUT2D eigenvalue weighted by atomic mass is 16.6. The summed E-state index contributed by atoms with van der Waals surface area (Å²) in [5.41, 5.74) is 0.355. The average molecular weight is 360 g/mol. The smallest absolute Gasteiger partial charge is 0.322 e. The van der Waals surface area contributed by atoms with E-state index in [9.17, 15) is 14.9 Å². The van der Waals surface area contributed by atoms with E-state index in [1.165, 1.54) is 43.2 Å². The Labute approximate surface area is 153 Å². The van der Waals surface area contributed by atoms with Crippen molar-refractivity contribution in [1.29, 1.82) is 0 Å². The average Bonchev–Trinajstić information content (AvgIpc) is 2.85. The summed E-state index contributed by atoms with van der Waals surface area (Å²) in [6.07, 6.45) is 8.53. The summed E-state index contributed by atoms with van der Waals surface area (Å²) in [4.78, 5) is 23.9. The zero-order valence-corrected chi connectivity index (χ0v) is 15.8. The van der Waals surface area contributed by atoms with Gasteiger partial charge in [0.2, 0.25) is 5.69 Å². The largest absolute Gasteiger partial charge is 0.347 e. The first-order valence-electron chi connectivity index (χ1n) is 9.81. The molecule has 1 heterocycles. The van der Waals surface area contributed by atoms with E-state index >= 15 is 0 Å². The van der Waals surface area contributed by atoms with Crippen LogP contribution in [-0.4, -0.2) is 26.7 Å². The summed E-state index contributed by atoms with van der Waals surface area (Å²) in [5.74, 6) is 2.06. The Hall–Kier alpha value is -1.92. The lowest BCUT2D eigenvalue weighted by atomic mass is 9.47. The molecule has 4 aliphatic rings. The molecule has 4 aliphatic carbocycles. The second kappa shape index (κ2) is 6.06. The lowest BCUT2D eigenvalue weighted by Crippen LogP contribution is -2.56. The van der Waals surface area contributed by atoms with Gasteiger partial charge in [-0.05, 0) is 75.0 Å². The first kappa shape index (κ1) is 17.5. The third kappa shape index (κ3) is 2.63. The van der Waals surface area contributed by atoms with Crippen LogP contribution in [0.25, 0.3) is 0 Å². The second-order valence-corrected chi connectivity index (χ2v) is 8.88. The van der Waals surface area contributed by atoms with Crippen LogP contribution in [0.2, 0.25) is 0 Å². The molecule has 1 unspecified atom stereocenters. The first-order chi connectivity index (χ1) is 12.3. The van der Waals surface area contributed by atoms with Gasteiger partial charge in [0.25, 0.3) is 5.91 Å². The number of aromatic nitrogens is 2. The highest BCUT2D eigenvalue weighted by Crippen LogP contribution is 2.61. The molecule has 5 rings (SSSR count). The number of carbonyl (C=O) groups is 1. The van der Waals surface area contributed by atoms with Crippen LogP contribution in [0.4, 0.5) is 5.69 Å². The van der Waals surface area contributed by atoms with Crippen LogP contribution < -0.4 is 5.32 Å². The van der Waals surface area contributed by atoms with Crippen molar-refractivity contribution in [3.63, 3.8) is 0 Å². The van der Waals surface area contributed by atoms with Crippen molar-refractivity contribution in [2.24, 2.45) is 30.2 Å². The Morgan fingerprint density at radius 2 is 1.85 bits per heavy atom. The van der Waals surface area contributed by atoms with Crippen molar-refractivity contribution in [2.45, 2.75) is 64.8 Å². The monoisotopic (exact) mass is 360 g/mol. The van der Waals surface area contributed by atoms with Gasteiger partial charge in [0.05, 0.1) is 4.92 Å². The fourth-order valence-electron chi connectivity index (χ4n) is 6.64. The fourth-order valence-corrected chi connectivity index (χ4v) is 6.64. The van der Waals surface area contributed by atoms with Gasteiger partial charge in [0, 0.05) is 13.1 Å². The first-order valence-corrected chi connectivity index (χ1v) is 9.81. The molecule has 4 fully saturated rings. The SMILES string of the molecule is CCC(NC(=O)c1c([N+](=O)[O-])c(C)nn1C)C12CC3CC(CC(C3)C1)C2. The topological polar surface area (TPSA) is 90.1 Å². The Morgan fingerprint density at radius 3 is 2.31 bits per heavy atom. The van der Waals surface area contributed by atoms with Crippen LogP contribution >= 0.6 is 0 Å². The molecule has 4 saturated carbocycles. The van der Waals surface area contributed by atoms with Crippen molar-refractivity contribution < 1.29 is 9.72 Å². The zero-order chi connectivity index (χ0) is 18.6. The number of hydrogen-bond donors (Lipinski definition) is 1. The number of amides is 1. The Balaban J connectivity index is 1.60. The van der Waals surface area contributed by atoms with Gasteiger partial charge in [-0.3, -0.25) is 19.6 Å². The van der Waals surface area contributed by atoms with Gasteiger partial charge in [-0.1, -0.05) is 6.92 Å². The Bertz CT molecular complexity index is 719. The van der Waals surface area contributed by atoms with E-state index in [0.29, 0.717) is 0 Å². The molecule has 0 radical (unpaired) electrons. The molecule has 7 heteroatoms. The van der Waals surface area contributed by atoms with Crippen LogP contribution in [0.15, 0.2) is 0 Å². The van der Waals surface area contributed by atoms with E-state index in [0.717, 1.165) is 24.2 Å². The van der Waals surface area contributed by atoms with Gasteiger partial charge in [-0.25, -0.2) is 0 Å². The summed E-state index contributed by atoms with van der Waals surface area (Å²) in [7, 11) is 1.60. The van der Waals surface area contributed by atoms with Crippen LogP contribution in [0, 0.1) is 40.2 Å². The van der Waals surface area contributed by atoms with Crippen LogP contribution in [0.1, 0.15) is 68.1 Å². The minimum atomic E-state index is -0.497. The highest BCUT2D eigenvalue weighted by Gasteiger charge is 2.54. The molecular formula is C19H28N4O3. The maximum absolute atomic E-state index is 13.0. The summed E-state index contributed by atoms with van der Waals surface area (Å²) in [6.45, 7) is 3.69. The van der Waals surface area contributed by atoms with Crippen molar-refractivity contribution >= 4 is 11.6 Å². The molecule has 0 aromatic carbocycles. The standard InChI is InChI=1S/C19H28N4O3/c1-4-15(19-8-12-5-13(9-19)7-14(6-12)10-19)20-18(24)17-16(23(25)26)11(2)21-22(17)3/h12-15H,4-10H2,1-3H3,(H,20,24). The maximum atomic E-state index is 13.0. The minimum Gasteiger partial charge on any atom is -0.347 e. The van der Waals surface area contributed by atoms with Crippen LogP contribution in [-0.2, 0) is 7.05 Å². The number of hydrogen-bond acceptors (Lipinski definition) is 4. The normalized spacial score (nSPS) is 33.3. The Morgan fingerprint density at radius 1 is 1.31 bits per heavy atom. The van der Waals surface area contributed by atoms with Gasteiger partial charge < -0.3 is 5.32 Å². The van der Waals surface area contributed by atoms with Crippen molar-refractivity contribution in [2.75, 3.05) is 0 Å². The van der Waals surface area contributed by atoms with Crippen LogP contribution in [0.3, 0.4) is 0 Å². The predicted octanol–water partition coefficient (Wildman–Crippen LogP) is 3.36. The van der Waals surface area contributed by atoms with E-state index in [1.54, 1.807) is 14.0 Å². The van der Waals surface area contributed by atoms with Crippen molar-refractivity contribution in [3.05, 3.63) is 21.5 Å². The maximum Gasteiger partial charge on any atom is 0.322 e. The molecule has 1 amide bonds. The number of carbonyl (C=O) groups excluding carboxylic acids is 1. The predicted molar refractivity (Wildman–Crippen MR) is 96.7 cm³/mol. The second-order valence-electron chi connectivity index (χ2n) is 8.88. The van der Waals surface area contributed by atoms with Gasteiger partial charge in [-0.2, -0.15) is 5.10 Å². The third-order valence-electron chi connectivity index (χ3n) is 7.13. The van der Waals surface area contributed by atoms with E-state index in [1.807, 2.05) is 0 Å². The molecular weight excluding hydrogens is 332 g/mol. The van der Waals surface area contributed by atoms with E-state index in [4.69, 9.17) is 0 Å². The summed E-state index contributed by atoms with van der Waals surface area (Å²) in [5, 5.41) is 18.7. The minimum absolute atomic E-state index is 0.0654. The fraction of sp³-hybridized carbons (Fsp3) is 0.789. The summed E-state index contributed by atoms with van der Waals surface area (Å²) < 4.78 is 1.34. The lowest BCUT2D eigenvalue weighted by Gasteiger charge is -2.59. The highest BCUT2D eigenvalue weighted by molar-refractivity contribution is 5.97. The lowest BCUT2D eigenvalue weighted by molar-refractivity contribution is -0.385. The van der Waals surface area contributed by atoms with Crippen LogP contribution in [0.5, 0.6) is 0 Å². The molecule has 4 bridgehead atoms.